The molecule has 0 aliphatic carbocycles. The molecule has 0 fully saturated rings. The molecule has 2 N–H and O–H groups in total. The second-order valence-electron chi connectivity index (χ2n) is 4.74. The Balaban J connectivity index is 2.09. The van der Waals surface area contributed by atoms with Crippen molar-refractivity contribution < 1.29 is 4.79 Å². The number of anilines is 1. The first-order valence-electron chi connectivity index (χ1n) is 6.84. The molecule has 1 atom stereocenters. The molecule has 0 bridgehead atoms. The van der Waals surface area contributed by atoms with Gasteiger partial charge in [0.15, 0.2) is 0 Å². The van der Waals surface area contributed by atoms with Crippen LogP contribution in [0, 0.1) is 0 Å². The number of amides is 1. The molecule has 2 aromatic heterocycles. The maximum Gasteiger partial charge on any atom is 0.251 e. The Morgan fingerprint density at radius 2 is 2.29 bits per heavy atom. The van der Waals surface area contributed by atoms with Crippen LogP contribution in [0.1, 0.15) is 42.2 Å². The van der Waals surface area contributed by atoms with Gasteiger partial charge in [0.25, 0.3) is 5.91 Å². The van der Waals surface area contributed by atoms with Gasteiger partial charge in [-0.25, -0.2) is 4.98 Å². The van der Waals surface area contributed by atoms with Crippen molar-refractivity contribution in [3.63, 3.8) is 0 Å². The lowest BCUT2D eigenvalue weighted by Crippen LogP contribution is -2.26. The van der Waals surface area contributed by atoms with Gasteiger partial charge >= 0.3 is 0 Å². The van der Waals surface area contributed by atoms with E-state index in [9.17, 15) is 4.79 Å². The summed E-state index contributed by atoms with van der Waals surface area (Å²) in [5.74, 6) is 0.468. The molecule has 0 saturated carbocycles. The van der Waals surface area contributed by atoms with Crippen molar-refractivity contribution in [2.75, 3.05) is 11.9 Å². The topological polar surface area (TPSA) is 54.0 Å². The highest BCUT2D eigenvalue weighted by atomic mass is 35.5. The van der Waals surface area contributed by atoms with Crippen molar-refractivity contribution in [2.45, 2.75) is 26.3 Å². The highest BCUT2D eigenvalue weighted by Crippen LogP contribution is 2.18. The molecule has 6 heteroatoms. The Morgan fingerprint density at radius 3 is 2.95 bits per heavy atom. The molecule has 0 aliphatic rings. The van der Waals surface area contributed by atoms with E-state index in [1.54, 1.807) is 23.5 Å². The summed E-state index contributed by atoms with van der Waals surface area (Å²) >= 11 is 7.59. The van der Waals surface area contributed by atoms with Crippen LogP contribution < -0.4 is 10.6 Å². The van der Waals surface area contributed by atoms with E-state index in [2.05, 4.69) is 22.5 Å². The van der Waals surface area contributed by atoms with Crippen LogP contribution in [0.5, 0.6) is 0 Å². The number of thiophene rings is 1. The highest BCUT2D eigenvalue weighted by Gasteiger charge is 2.13. The van der Waals surface area contributed by atoms with Gasteiger partial charge in [-0.15, -0.1) is 0 Å². The first kappa shape index (κ1) is 15.8. The molecule has 21 heavy (non-hydrogen) atoms. The largest absolute Gasteiger partial charge is 0.370 e. The zero-order valence-electron chi connectivity index (χ0n) is 12.0. The van der Waals surface area contributed by atoms with Gasteiger partial charge in [-0.3, -0.25) is 4.79 Å². The summed E-state index contributed by atoms with van der Waals surface area (Å²) in [4.78, 5) is 16.5. The minimum Gasteiger partial charge on any atom is -0.370 e. The summed E-state index contributed by atoms with van der Waals surface area (Å²) in [5, 5.41) is 10.4. The van der Waals surface area contributed by atoms with E-state index in [0.29, 0.717) is 16.5 Å². The van der Waals surface area contributed by atoms with E-state index in [1.165, 1.54) is 0 Å². The van der Waals surface area contributed by atoms with Gasteiger partial charge in [-0.2, -0.15) is 11.3 Å². The molecule has 1 unspecified atom stereocenters. The lowest BCUT2D eigenvalue weighted by atomic mass is 10.1. The molecule has 0 saturated heterocycles. The van der Waals surface area contributed by atoms with E-state index in [1.807, 2.05) is 23.8 Å². The van der Waals surface area contributed by atoms with E-state index in [0.717, 1.165) is 18.5 Å². The fourth-order valence-electron chi connectivity index (χ4n) is 1.86. The van der Waals surface area contributed by atoms with Crippen LogP contribution in [-0.2, 0) is 0 Å². The Labute approximate surface area is 133 Å². The molecule has 0 radical (unpaired) electrons. The number of carbonyl (C=O) groups excluding carboxylic acids is 1. The lowest BCUT2D eigenvalue weighted by Gasteiger charge is -2.13. The van der Waals surface area contributed by atoms with Crippen molar-refractivity contribution >= 4 is 34.7 Å². The van der Waals surface area contributed by atoms with Crippen LogP contribution in [-0.4, -0.2) is 17.4 Å². The Kier molecular flexibility index (Phi) is 5.59. The molecular weight excluding hydrogens is 306 g/mol. The molecule has 1 amide bonds. The first-order chi connectivity index (χ1) is 10.1. The van der Waals surface area contributed by atoms with Gasteiger partial charge in [-0.1, -0.05) is 18.5 Å². The van der Waals surface area contributed by atoms with E-state index in [-0.39, 0.29) is 11.9 Å². The van der Waals surface area contributed by atoms with E-state index in [4.69, 9.17) is 11.6 Å². The lowest BCUT2D eigenvalue weighted by molar-refractivity contribution is 0.0940. The van der Waals surface area contributed by atoms with Crippen molar-refractivity contribution in [2.24, 2.45) is 0 Å². The van der Waals surface area contributed by atoms with E-state index < -0.39 is 0 Å². The number of hydrogen-bond acceptors (Lipinski definition) is 4. The number of nitrogens with one attached hydrogen (secondary N) is 2. The van der Waals surface area contributed by atoms with Crippen LogP contribution in [0.15, 0.2) is 29.0 Å². The zero-order chi connectivity index (χ0) is 15.2. The van der Waals surface area contributed by atoms with Crippen molar-refractivity contribution in [1.82, 2.24) is 10.3 Å². The third-order valence-corrected chi connectivity index (χ3v) is 3.90. The molecular formula is C15H18ClN3OS. The fourth-order valence-corrected chi connectivity index (χ4v) is 2.82. The minimum atomic E-state index is -0.155. The fraction of sp³-hybridized carbons (Fsp3) is 0.333. The number of hydrogen-bond donors (Lipinski definition) is 2. The summed E-state index contributed by atoms with van der Waals surface area (Å²) in [6, 6.07) is 5.26. The molecule has 2 heterocycles. The summed E-state index contributed by atoms with van der Waals surface area (Å²) in [5.41, 5.74) is 1.61. The van der Waals surface area contributed by atoms with Gasteiger partial charge in [-0.05, 0) is 47.9 Å². The van der Waals surface area contributed by atoms with Crippen molar-refractivity contribution in [3.05, 3.63) is 45.2 Å². The number of pyridine rings is 1. The van der Waals surface area contributed by atoms with Crippen molar-refractivity contribution in [1.29, 1.82) is 0 Å². The number of rotatable bonds is 6. The molecule has 0 aliphatic heterocycles. The van der Waals surface area contributed by atoms with Crippen LogP contribution in [0.4, 0.5) is 5.82 Å². The molecule has 112 valence electrons. The molecule has 0 spiro atoms. The average molecular weight is 324 g/mol. The highest BCUT2D eigenvalue weighted by molar-refractivity contribution is 7.07. The Morgan fingerprint density at radius 1 is 1.48 bits per heavy atom. The summed E-state index contributed by atoms with van der Waals surface area (Å²) < 4.78 is 0. The predicted octanol–water partition coefficient (Wildman–Crippen LogP) is 4.11. The standard InChI is InChI=1S/C15H18ClN3OS/c1-3-5-17-14-8-12(7-13(16)19-14)15(20)18-10(2)11-4-6-21-9-11/h4,6-10H,3,5H2,1-2H3,(H,17,19)(H,18,20). The summed E-state index contributed by atoms with van der Waals surface area (Å²) in [6.45, 7) is 4.81. The van der Waals surface area contributed by atoms with Crippen LogP contribution in [0.25, 0.3) is 0 Å². The molecule has 2 aromatic rings. The summed E-state index contributed by atoms with van der Waals surface area (Å²) in [7, 11) is 0. The second kappa shape index (κ2) is 7.43. The normalized spacial score (nSPS) is 12.0. The number of nitrogens with zero attached hydrogens (tertiary/aromatic N) is 1. The Bertz CT molecular complexity index is 601. The monoisotopic (exact) mass is 323 g/mol. The quantitative estimate of drug-likeness (QED) is 0.787. The van der Waals surface area contributed by atoms with E-state index >= 15 is 0 Å². The first-order valence-corrected chi connectivity index (χ1v) is 8.16. The number of carbonyl (C=O) groups is 1. The third-order valence-electron chi connectivity index (χ3n) is 3.00. The zero-order valence-corrected chi connectivity index (χ0v) is 13.6. The molecule has 0 aromatic carbocycles. The minimum absolute atomic E-state index is 0.0391. The van der Waals surface area contributed by atoms with Gasteiger partial charge in [0.05, 0.1) is 6.04 Å². The second-order valence-corrected chi connectivity index (χ2v) is 5.91. The van der Waals surface area contributed by atoms with Gasteiger partial charge in [0.1, 0.15) is 11.0 Å². The van der Waals surface area contributed by atoms with Crippen LogP contribution >= 0.6 is 22.9 Å². The molecule has 4 nitrogen and oxygen atoms in total. The average Bonchev–Trinajstić information content (AvgIpc) is 2.98. The maximum absolute atomic E-state index is 12.3. The predicted molar refractivity (Wildman–Crippen MR) is 88.2 cm³/mol. The van der Waals surface area contributed by atoms with Gasteiger partial charge < -0.3 is 10.6 Å². The van der Waals surface area contributed by atoms with Crippen LogP contribution in [0.3, 0.4) is 0 Å². The van der Waals surface area contributed by atoms with Crippen molar-refractivity contribution in [3.8, 4) is 0 Å². The Hall–Kier alpha value is -1.59. The van der Waals surface area contributed by atoms with Gasteiger partial charge in [0, 0.05) is 12.1 Å². The third kappa shape index (κ3) is 4.44. The van der Waals surface area contributed by atoms with Gasteiger partial charge in [0.2, 0.25) is 0 Å². The summed E-state index contributed by atoms with van der Waals surface area (Å²) in [6.07, 6.45) is 0.977. The SMILES string of the molecule is CCCNc1cc(C(=O)NC(C)c2ccsc2)cc(Cl)n1. The van der Waals surface area contributed by atoms with Crippen LogP contribution in [0.2, 0.25) is 5.15 Å². The maximum atomic E-state index is 12.3. The number of halogens is 1. The molecule has 2 rings (SSSR count). The number of aromatic nitrogens is 1. The smallest absolute Gasteiger partial charge is 0.251 e.